The highest BCUT2D eigenvalue weighted by molar-refractivity contribution is 5.53. The van der Waals surface area contributed by atoms with Gasteiger partial charge in [0.25, 0.3) is 0 Å². The van der Waals surface area contributed by atoms with E-state index in [1.165, 1.54) is 12.1 Å². The molecule has 0 unspecified atom stereocenters. The molecule has 0 saturated carbocycles. The van der Waals surface area contributed by atoms with Crippen LogP contribution in [0.2, 0.25) is 0 Å². The molecular weight excluding hydrogens is 182 g/mol. The lowest BCUT2D eigenvalue weighted by atomic mass is 10.0. The minimum atomic E-state index is -0.842. The summed E-state index contributed by atoms with van der Waals surface area (Å²) >= 11 is 0. The maximum atomic E-state index is 12.9. The Morgan fingerprint density at radius 3 is 2.43 bits per heavy atom. The van der Waals surface area contributed by atoms with Crippen molar-refractivity contribution in [3.63, 3.8) is 0 Å². The highest BCUT2D eigenvalue weighted by Crippen LogP contribution is 2.18. The lowest BCUT2D eigenvalue weighted by molar-refractivity contribution is 0.507. The first-order chi connectivity index (χ1) is 6.54. The van der Waals surface area contributed by atoms with Crippen molar-refractivity contribution in [1.82, 2.24) is 0 Å². The molecule has 0 atom stereocenters. The molecule has 14 heavy (non-hydrogen) atoms. The van der Waals surface area contributed by atoms with Gasteiger partial charge in [0.15, 0.2) is 11.6 Å². The lowest BCUT2D eigenvalue weighted by Gasteiger charge is -2.06. The van der Waals surface area contributed by atoms with Crippen molar-refractivity contribution in [2.45, 2.75) is 13.3 Å². The van der Waals surface area contributed by atoms with E-state index in [9.17, 15) is 8.78 Å². The van der Waals surface area contributed by atoms with Gasteiger partial charge in [-0.2, -0.15) is 0 Å². The van der Waals surface area contributed by atoms with E-state index >= 15 is 0 Å². The van der Waals surface area contributed by atoms with Crippen molar-refractivity contribution in [1.29, 1.82) is 0 Å². The number of allylic oxidation sites excluding steroid dienone is 1. The molecule has 0 aliphatic carbocycles. The zero-order valence-electron chi connectivity index (χ0n) is 8.11. The van der Waals surface area contributed by atoms with Crippen molar-refractivity contribution in [2.24, 2.45) is 0 Å². The van der Waals surface area contributed by atoms with Gasteiger partial charge in [0.1, 0.15) is 0 Å². The fraction of sp³-hybridized carbons (Fsp3) is 0.167. The molecular formula is C12H12F2. The fourth-order valence-corrected chi connectivity index (χ4v) is 1.27. The topological polar surface area (TPSA) is 0 Å². The Hall–Kier alpha value is -1.44. The van der Waals surface area contributed by atoms with Gasteiger partial charge >= 0.3 is 0 Å². The molecule has 2 heteroatoms. The number of rotatable bonds is 3. The molecule has 0 saturated heterocycles. The third-order valence-electron chi connectivity index (χ3n) is 1.89. The molecule has 0 N–H and O–H groups in total. The number of halogens is 2. The second-order valence-electron chi connectivity index (χ2n) is 3.30. The first-order valence-corrected chi connectivity index (χ1v) is 4.29. The van der Waals surface area contributed by atoms with Crippen LogP contribution in [0.4, 0.5) is 8.78 Å². The summed E-state index contributed by atoms with van der Waals surface area (Å²) in [5.74, 6) is -1.67. The molecule has 0 aromatic heterocycles. The van der Waals surface area contributed by atoms with Gasteiger partial charge in [-0.05, 0) is 36.6 Å². The third kappa shape index (κ3) is 2.28. The van der Waals surface area contributed by atoms with Crippen LogP contribution in [0.5, 0.6) is 0 Å². The molecule has 0 nitrogen and oxygen atoms in total. The van der Waals surface area contributed by atoms with Crippen LogP contribution in [-0.4, -0.2) is 0 Å². The van der Waals surface area contributed by atoms with Crippen LogP contribution < -0.4 is 0 Å². The van der Waals surface area contributed by atoms with E-state index in [1.807, 2.05) is 6.92 Å². The molecule has 74 valence electrons. The maximum absolute atomic E-state index is 12.9. The second kappa shape index (κ2) is 4.18. The van der Waals surface area contributed by atoms with E-state index < -0.39 is 11.6 Å². The first-order valence-electron chi connectivity index (χ1n) is 4.29. The Kier molecular flexibility index (Phi) is 3.18. The summed E-state index contributed by atoms with van der Waals surface area (Å²) in [5, 5.41) is 0. The average molecular weight is 194 g/mol. The quantitative estimate of drug-likeness (QED) is 0.643. The van der Waals surface area contributed by atoms with Crippen LogP contribution in [-0.2, 0) is 6.42 Å². The summed E-state index contributed by atoms with van der Waals surface area (Å²) in [5.41, 5.74) is 2.23. The molecule has 0 fully saturated rings. The summed E-state index contributed by atoms with van der Waals surface area (Å²) in [4.78, 5) is 0. The first kappa shape index (κ1) is 10.6. The van der Waals surface area contributed by atoms with Gasteiger partial charge in [-0.1, -0.05) is 24.8 Å². The predicted octanol–water partition coefficient (Wildman–Crippen LogP) is 3.73. The third-order valence-corrected chi connectivity index (χ3v) is 1.89. The van der Waals surface area contributed by atoms with Gasteiger partial charge < -0.3 is 0 Å². The summed E-state index contributed by atoms with van der Waals surface area (Å²) in [7, 11) is 0. The van der Waals surface area contributed by atoms with E-state index in [4.69, 9.17) is 0 Å². The van der Waals surface area contributed by atoms with Crippen LogP contribution in [0.3, 0.4) is 0 Å². The molecule has 0 aliphatic heterocycles. The SMILES string of the molecule is C=Cc1cc(F)c(F)cc1CC(=C)C. The molecule has 1 rings (SSSR count). The van der Waals surface area contributed by atoms with Gasteiger partial charge in [-0.25, -0.2) is 8.78 Å². The van der Waals surface area contributed by atoms with Gasteiger partial charge in [0.05, 0.1) is 0 Å². The van der Waals surface area contributed by atoms with Crippen LogP contribution in [0.1, 0.15) is 18.1 Å². The smallest absolute Gasteiger partial charge is 0.159 e. The summed E-state index contributed by atoms with van der Waals surface area (Å²) in [6.07, 6.45) is 2.05. The van der Waals surface area contributed by atoms with Crippen LogP contribution in [0.15, 0.2) is 30.9 Å². The molecule has 0 spiro atoms. The molecule has 0 bridgehead atoms. The van der Waals surface area contributed by atoms with Gasteiger partial charge in [0.2, 0.25) is 0 Å². The Bertz CT molecular complexity index is 378. The minimum Gasteiger partial charge on any atom is -0.204 e. The molecule has 0 radical (unpaired) electrons. The standard InChI is InChI=1S/C12H12F2/c1-4-9-6-11(13)12(14)7-10(9)5-8(2)3/h4,6-7H,1-2,5H2,3H3. The van der Waals surface area contributed by atoms with E-state index in [0.717, 1.165) is 11.6 Å². The highest BCUT2D eigenvalue weighted by atomic mass is 19.2. The van der Waals surface area contributed by atoms with Gasteiger partial charge in [-0.3, -0.25) is 0 Å². The molecule has 1 aromatic rings. The highest BCUT2D eigenvalue weighted by Gasteiger charge is 2.07. The number of hydrogen-bond donors (Lipinski definition) is 0. The van der Waals surface area contributed by atoms with Gasteiger partial charge in [0, 0.05) is 0 Å². The van der Waals surface area contributed by atoms with Crippen molar-refractivity contribution in [3.05, 3.63) is 53.6 Å². The molecule has 1 aromatic carbocycles. The van der Waals surface area contributed by atoms with Crippen LogP contribution in [0, 0.1) is 11.6 Å². The monoisotopic (exact) mass is 194 g/mol. The van der Waals surface area contributed by atoms with E-state index in [1.54, 1.807) is 0 Å². The summed E-state index contributed by atoms with van der Waals surface area (Å²) < 4.78 is 25.7. The van der Waals surface area contributed by atoms with E-state index in [-0.39, 0.29) is 0 Å². The molecule has 0 amide bonds. The van der Waals surface area contributed by atoms with Crippen molar-refractivity contribution in [2.75, 3.05) is 0 Å². The Morgan fingerprint density at radius 1 is 1.36 bits per heavy atom. The van der Waals surface area contributed by atoms with Crippen LogP contribution in [0.25, 0.3) is 6.08 Å². The zero-order valence-corrected chi connectivity index (χ0v) is 8.11. The maximum Gasteiger partial charge on any atom is 0.159 e. The van der Waals surface area contributed by atoms with E-state index in [0.29, 0.717) is 17.5 Å². The van der Waals surface area contributed by atoms with Gasteiger partial charge in [-0.15, -0.1) is 0 Å². The fourth-order valence-electron chi connectivity index (χ4n) is 1.27. The average Bonchev–Trinajstić information content (AvgIpc) is 2.10. The zero-order chi connectivity index (χ0) is 10.7. The number of benzene rings is 1. The predicted molar refractivity (Wildman–Crippen MR) is 55.0 cm³/mol. The summed E-state index contributed by atoms with van der Waals surface area (Å²) in [6, 6.07) is 2.35. The molecule has 0 heterocycles. The lowest BCUT2D eigenvalue weighted by Crippen LogP contribution is -1.95. The van der Waals surface area contributed by atoms with Crippen molar-refractivity contribution >= 4 is 6.08 Å². The minimum absolute atomic E-state index is 0.540. The van der Waals surface area contributed by atoms with Crippen molar-refractivity contribution < 1.29 is 8.78 Å². The summed E-state index contributed by atoms with van der Waals surface area (Å²) in [6.45, 7) is 9.12. The number of hydrogen-bond acceptors (Lipinski definition) is 0. The normalized spacial score (nSPS) is 9.93. The Balaban J connectivity index is 3.19. The van der Waals surface area contributed by atoms with E-state index in [2.05, 4.69) is 13.2 Å². The van der Waals surface area contributed by atoms with Crippen molar-refractivity contribution in [3.8, 4) is 0 Å². The Labute approximate surface area is 82.6 Å². The van der Waals surface area contributed by atoms with Crippen LogP contribution >= 0.6 is 0 Å². The Morgan fingerprint density at radius 2 is 1.93 bits per heavy atom. The second-order valence-corrected chi connectivity index (χ2v) is 3.30. The molecule has 0 aliphatic rings. The largest absolute Gasteiger partial charge is 0.204 e.